The third-order valence-electron chi connectivity index (χ3n) is 4.48. The van der Waals surface area contributed by atoms with Gasteiger partial charge in [0.05, 0.1) is 6.20 Å². The highest BCUT2D eigenvalue weighted by Gasteiger charge is 2.47. The highest BCUT2D eigenvalue weighted by molar-refractivity contribution is 5.93. The SMILES string of the molecule is O=C(Nc1ccc(-c2cnco2)cc1)C1CC2CC2C1. The number of hydrogen-bond acceptors (Lipinski definition) is 3. The number of anilines is 1. The predicted octanol–water partition coefficient (Wildman–Crippen LogP) is 3.33. The smallest absolute Gasteiger partial charge is 0.227 e. The van der Waals surface area contributed by atoms with Crippen molar-refractivity contribution in [3.05, 3.63) is 36.9 Å². The molecule has 2 fully saturated rings. The van der Waals surface area contributed by atoms with Gasteiger partial charge in [-0.25, -0.2) is 4.98 Å². The van der Waals surface area contributed by atoms with E-state index in [0.717, 1.165) is 41.7 Å². The number of oxazole rings is 1. The molecule has 4 heteroatoms. The van der Waals surface area contributed by atoms with Crippen LogP contribution in [0.3, 0.4) is 0 Å². The summed E-state index contributed by atoms with van der Waals surface area (Å²) < 4.78 is 5.24. The van der Waals surface area contributed by atoms with Crippen molar-refractivity contribution in [3.63, 3.8) is 0 Å². The van der Waals surface area contributed by atoms with Crippen LogP contribution < -0.4 is 5.32 Å². The fourth-order valence-electron chi connectivity index (χ4n) is 3.25. The molecule has 1 N–H and O–H groups in total. The number of hydrogen-bond donors (Lipinski definition) is 1. The summed E-state index contributed by atoms with van der Waals surface area (Å²) in [6.07, 6.45) is 6.59. The molecule has 0 radical (unpaired) electrons. The van der Waals surface area contributed by atoms with Gasteiger partial charge in [-0.15, -0.1) is 0 Å². The largest absolute Gasteiger partial charge is 0.444 e. The third kappa shape index (κ3) is 2.11. The van der Waals surface area contributed by atoms with Gasteiger partial charge in [-0.3, -0.25) is 4.79 Å². The van der Waals surface area contributed by atoms with E-state index in [1.54, 1.807) is 6.20 Å². The lowest BCUT2D eigenvalue weighted by atomic mass is 10.0. The van der Waals surface area contributed by atoms with E-state index in [1.165, 1.54) is 12.8 Å². The molecule has 0 spiro atoms. The van der Waals surface area contributed by atoms with Crippen LogP contribution in [0.4, 0.5) is 5.69 Å². The molecular weight excluding hydrogens is 252 g/mol. The first kappa shape index (κ1) is 11.7. The van der Waals surface area contributed by atoms with Crippen molar-refractivity contribution >= 4 is 11.6 Å². The summed E-state index contributed by atoms with van der Waals surface area (Å²) in [6.45, 7) is 0. The minimum atomic E-state index is 0.171. The summed E-state index contributed by atoms with van der Waals surface area (Å²) in [5, 5.41) is 3.01. The van der Waals surface area contributed by atoms with E-state index >= 15 is 0 Å². The lowest BCUT2D eigenvalue weighted by Crippen LogP contribution is -2.21. The van der Waals surface area contributed by atoms with E-state index < -0.39 is 0 Å². The number of benzene rings is 1. The van der Waals surface area contributed by atoms with Gasteiger partial charge in [-0.1, -0.05) is 0 Å². The topological polar surface area (TPSA) is 55.1 Å². The van der Waals surface area contributed by atoms with Crippen LogP contribution in [-0.4, -0.2) is 10.9 Å². The van der Waals surface area contributed by atoms with E-state index in [9.17, 15) is 4.79 Å². The van der Waals surface area contributed by atoms with Crippen LogP contribution in [-0.2, 0) is 4.79 Å². The first-order chi connectivity index (χ1) is 9.79. The van der Waals surface area contributed by atoms with Crippen LogP contribution >= 0.6 is 0 Å². The standard InChI is InChI=1S/C16H16N2O2/c19-16(13-6-11-5-12(11)7-13)18-14-3-1-10(2-4-14)15-8-17-9-20-15/h1-4,8-9,11-13H,5-7H2,(H,18,19). The second-order valence-corrected chi connectivity index (χ2v) is 5.86. The minimum Gasteiger partial charge on any atom is -0.444 e. The monoisotopic (exact) mass is 268 g/mol. The Hall–Kier alpha value is -2.10. The Morgan fingerprint density at radius 1 is 1.15 bits per heavy atom. The number of amides is 1. The van der Waals surface area contributed by atoms with Gasteiger partial charge in [0.25, 0.3) is 0 Å². The molecule has 2 unspecified atom stereocenters. The molecule has 0 bridgehead atoms. The van der Waals surface area contributed by atoms with Crippen LogP contribution in [0.5, 0.6) is 0 Å². The summed E-state index contributed by atoms with van der Waals surface area (Å²) in [4.78, 5) is 16.1. The summed E-state index contributed by atoms with van der Waals surface area (Å²) in [5.41, 5.74) is 1.81. The van der Waals surface area contributed by atoms with Crippen LogP contribution in [0.15, 0.2) is 41.3 Å². The van der Waals surface area contributed by atoms with Gasteiger partial charge in [-0.05, 0) is 55.4 Å². The van der Waals surface area contributed by atoms with Crippen molar-refractivity contribution in [3.8, 4) is 11.3 Å². The molecule has 0 saturated heterocycles. The Bertz CT molecular complexity index is 608. The van der Waals surface area contributed by atoms with Crippen molar-refractivity contribution in [1.29, 1.82) is 0 Å². The summed E-state index contributed by atoms with van der Waals surface area (Å²) in [6, 6.07) is 7.68. The van der Waals surface area contributed by atoms with E-state index in [2.05, 4.69) is 10.3 Å². The molecule has 1 amide bonds. The van der Waals surface area contributed by atoms with Crippen LogP contribution in [0.2, 0.25) is 0 Å². The lowest BCUT2D eigenvalue weighted by Gasteiger charge is -2.12. The Kier molecular flexibility index (Phi) is 2.62. The first-order valence-corrected chi connectivity index (χ1v) is 7.09. The van der Waals surface area contributed by atoms with E-state index in [1.807, 2.05) is 24.3 Å². The van der Waals surface area contributed by atoms with Crippen molar-refractivity contribution in [2.45, 2.75) is 19.3 Å². The second kappa shape index (κ2) is 4.47. The molecular formula is C16H16N2O2. The molecule has 4 rings (SSSR count). The molecule has 2 atom stereocenters. The normalized spacial score (nSPS) is 27.1. The maximum Gasteiger partial charge on any atom is 0.227 e. The number of fused-ring (bicyclic) bond motifs is 1. The average molecular weight is 268 g/mol. The van der Waals surface area contributed by atoms with Gasteiger partial charge in [-0.2, -0.15) is 0 Å². The highest BCUT2D eigenvalue weighted by Crippen LogP contribution is 2.54. The number of carbonyl (C=O) groups is 1. The first-order valence-electron chi connectivity index (χ1n) is 7.09. The van der Waals surface area contributed by atoms with Crippen LogP contribution in [0.1, 0.15) is 19.3 Å². The number of nitrogens with zero attached hydrogens (tertiary/aromatic N) is 1. The molecule has 1 aromatic carbocycles. The molecule has 1 heterocycles. The fourth-order valence-corrected chi connectivity index (χ4v) is 3.25. The van der Waals surface area contributed by atoms with E-state index in [-0.39, 0.29) is 11.8 Å². The lowest BCUT2D eigenvalue weighted by molar-refractivity contribution is -0.120. The molecule has 2 aliphatic carbocycles. The molecule has 4 nitrogen and oxygen atoms in total. The fraction of sp³-hybridized carbons (Fsp3) is 0.375. The predicted molar refractivity (Wildman–Crippen MR) is 74.9 cm³/mol. The van der Waals surface area contributed by atoms with Crippen molar-refractivity contribution < 1.29 is 9.21 Å². The number of rotatable bonds is 3. The van der Waals surface area contributed by atoms with Crippen LogP contribution in [0, 0.1) is 17.8 Å². The summed E-state index contributed by atoms with van der Waals surface area (Å²) in [5.74, 6) is 2.79. The molecule has 1 aromatic heterocycles. The Labute approximate surface area is 117 Å². The third-order valence-corrected chi connectivity index (χ3v) is 4.48. The molecule has 20 heavy (non-hydrogen) atoms. The maximum atomic E-state index is 12.2. The Morgan fingerprint density at radius 2 is 1.90 bits per heavy atom. The zero-order chi connectivity index (χ0) is 13.5. The summed E-state index contributed by atoms with van der Waals surface area (Å²) >= 11 is 0. The number of nitrogens with one attached hydrogen (secondary N) is 1. The van der Waals surface area contributed by atoms with Gasteiger partial charge >= 0.3 is 0 Å². The molecule has 2 aliphatic rings. The molecule has 0 aliphatic heterocycles. The molecule has 2 saturated carbocycles. The van der Waals surface area contributed by atoms with Crippen LogP contribution in [0.25, 0.3) is 11.3 Å². The van der Waals surface area contributed by atoms with Gasteiger partial charge in [0, 0.05) is 17.2 Å². The highest BCUT2D eigenvalue weighted by atomic mass is 16.3. The van der Waals surface area contributed by atoms with E-state index in [4.69, 9.17) is 4.42 Å². The van der Waals surface area contributed by atoms with Crippen molar-refractivity contribution in [1.82, 2.24) is 4.98 Å². The van der Waals surface area contributed by atoms with Gasteiger partial charge < -0.3 is 9.73 Å². The number of carbonyl (C=O) groups excluding carboxylic acids is 1. The maximum absolute atomic E-state index is 12.2. The molecule has 2 aromatic rings. The Balaban J connectivity index is 1.42. The number of aromatic nitrogens is 1. The average Bonchev–Trinajstić information content (AvgIpc) is 2.92. The van der Waals surface area contributed by atoms with E-state index in [0.29, 0.717) is 0 Å². The Morgan fingerprint density at radius 3 is 2.55 bits per heavy atom. The van der Waals surface area contributed by atoms with Crippen molar-refractivity contribution in [2.24, 2.45) is 17.8 Å². The summed E-state index contributed by atoms with van der Waals surface area (Å²) in [7, 11) is 0. The van der Waals surface area contributed by atoms with Gasteiger partial charge in [0.2, 0.25) is 5.91 Å². The van der Waals surface area contributed by atoms with Crippen molar-refractivity contribution in [2.75, 3.05) is 5.32 Å². The second-order valence-electron chi connectivity index (χ2n) is 5.86. The zero-order valence-corrected chi connectivity index (χ0v) is 11.1. The van der Waals surface area contributed by atoms with Gasteiger partial charge in [0.15, 0.2) is 12.2 Å². The quantitative estimate of drug-likeness (QED) is 0.929. The minimum absolute atomic E-state index is 0.171. The molecule has 102 valence electrons. The zero-order valence-electron chi connectivity index (χ0n) is 11.1. The van der Waals surface area contributed by atoms with Gasteiger partial charge in [0.1, 0.15) is 0 Å².